The Labute approximate surface area is 86.3 Å². The zero-order valence-electron chi connectivity index (χ0n) is 8.25. The van der Waals surface area contributed by atoms with E-state index in [-0.39, 0.29) is 0 Å². The number of aromatic nitrogens is 5. The first-order valence-electron chi connectivity index (χ1n) is 4.53. The lowest BCUT2D eigenvalue weighted by Gasteiger charge is -2.05. The molecule has 3 N–H and O–H groups in total. The molecule has 15 heavy (non-hydrogen) atoms. The Balaban J connectivity index is 2.47. The number of hydrazine groups is 1. The van der Waals surface area contributed by atoms with Crippen LogP contribution in [-0.4, -0.2) is 24.7 Å². The first-order chi connectivity index (χ1) is 7.33. The van der Waals surface area contributed by atoms with Crippen LogP contribution in [0.15, 0.2) is 18.7 Å². The largest absolute Gasteiger partial charge is 0.308 e. The summed E-state index contributed by atoms with van der Waals surface area (Å²) >= 11 is 0. The minimum atomic E-state index is 0.562. The van der Waals surface area contributed by atoms with Crippen molar-refractivity contribution in [1.29, 1.82) is 0 Å². The van der Waals surface area contributed by atoms with Gasteiger partial charge in [0.25, 0.3) is 0 Å². The van der Waals surface area contributed by atoms with Crippen molar-refractivity contribution in [3.8, 4) is 5.82 Å². The van der Waals surface area contributed by atoms with Crippen molar-refractivity contribution >= 4 is 5.82 Å². The maximum absolute atomic E-state index is 5.31. The maximum atomic E-state index is 5.31. The molecule has 7 nitrogen and oxygen atoms in total. The highest BCUT2D eigenvalue weighted by Gasteiger charge is 2.04. The summed E-state index contributed by atoms with van der Waals surface area (Å²) in [6.07, 6.45) is 3.75. The van der Waals surface area contributed by atoms with Crippen molar-refractivity contribution in [2.75, 3.05) is 5.43 Å². The molecule has 0 unspecified atom stereocenters. The van der Waals surface area contributed by atoms with Gasteiger partial charge in [-0.2, -0.15) is 5.10 Å². The van der Waals surface area contributed by atoms with Crippen LogP contribution < -0.4 is 11.3 Å². The summed E-state index contributed by atoms with van der Waals surface area (Å²) in [6.45, 7) is 1.97. The zero-order valence-corrected chi connectivity index (χ0v) is 8.25. The smallest absolute Gasteiger partial charge is 0.161 e. The van der Waals surface area contributed by atoms with E-state index in [2.05, 4.69) is 25.5 Å². The molecule has 0 aromatic carbocycles. The number of nitrogen functional groups attached to an aromatic ring is 1. The molecule has 2 aromatic rings. The number of nitrogens with zero attached hydrogens (tertiary/aromatic N) is 5. The standard InChI is InChI=1S/C8H11N7/c1-2-6-12-7(14-9)3-8(13-6)15-5-10-4-11-15/h3-5H,2,9H2,1H3,(H,12,13,14). The van der Waals surface area contributed by atoms with E-state index in [4.69, 9.17) is 5.84 Å². The molecule has 0 fully saturated rings. The summed E-state index contributed by atoms with van der Waals surface area (Å²) in [5.41, 5.74) is 2.49. The van der Waals surface area contributed by atoms with Crippen LogP contribution in [0, 0.1) is 0 Å². The highest BCUT2D eigenvalue weighted by molar-refractivity contribution is 5.39. The highest BCUT2D eigenvalue weighted by atomic mass is 15.4. The van der Waals surface area contributed by atoms with Crippen LogP contribution in [0.25, 0.3) is 5.82 Å². The van der Waals surface area contributed by atoms with Gasteiger partial charge in [0.15, 0.2) is 5.82 Å². The Morgan fingerprint density at radius 1 is 1.47 bits per heavy atom. The van der Waals surface area contributed by atoms with Gasteiger partial charge in [-0.05, 0) is 0 Å². The lowest BCUT2D eigenvalue weighted by molar-refractivity contribution is 0.812. The summed E-state index contributed by atoms with van der Waals surface area (Å²) in [4.78, 5) is 12.3. The number of rotatable bonds is 3. The van der Waals surface area contributed by atoms with E-state index in [0.717, 1.165) is 6.42 Å². The first-order valence-corrected chi connectivity index (χ1v) is 4.53. The predicted molar refractivity (Wildman–Crippen MR) is 54.1 cm³/mol. The lowest BCUT2D eigenvalue weighted by Crippen LogP contribution is -2.12. The van der Waals surface area contributed by atoms with Gasteiger partial charge in [0.2, 0.25) is 0 Å². The molecule has 2 heterocycles. The van der Waals surface area contributed by atoms with Gasteiger partial charge in [0, 0.05) is 12.5 Å². The molecule has 0 atom stereocenters. The SMILES string of the molecule is CCc1nc(NN)cc(-n2cncn2)n1. The van der Waals surface area contributed by atoms with Crippen molar-refractivity contribution in [2.24, 2.45) is 5.84 Å². The molecule has 7 heteroatoms. The normalized spacial score (nSPS) is 10.3. The molecule has 2 aromatic heterocycles. The van der Waals surface area contributed by atoms with Gasteiger partial charge in [-0.1, -0.05) is 6.92 Å². The fourth-order valence-electron chi connectivity index (χ4n) is 1.16. The number of nitrogens with one attached hydrogen (secondary N) is 1. The van der Waals surface area contributed by atoms with Crippen molar-refractivity contribution in [3.05, 3.63) is 24.5 Å². The van der Waals surface area contributed by atoms with E-state index < -0.39 is 0 Å². The van der Waals surface area contributed by atoms with Gasteiger partial charge in [-0.3, -0.25) is 0 Å². The quantitative estimate of drug-likeness (QED) is 0.537. The Bertz CT molecular complexity index is 414. The Morgan fingerprint density at radius 2 is 2.33 bits per heavy atom. The molecule has 0 amide bonds. The molecule has 0 aliphatic carbocycles. The second kappa shape index (κ2) is 4.01. The summed E-state index contributed by atoms with van der Waals surface area (Å²) in [7, 11) is 0. The van der Waals surface area contributed by atoms with E-state index in [9.17, 15) is 0 Å². The van der Waals surface area contributed by atoms with Gasteiger partial charge >= 0.3 is 0 Å². The van der Waals surface area contributed by atoms with Crippen molar-refractivity contribution in [2.45, 2.75) is 13.3 Å². The van der Waals surface area contributed by atoms with Gasteiger partial charge in [-0.25, -0.2) is 25.5 Å². The third kappa shape index (κ3) is 1.91. The fourth-order valence-corrected chi connectivity index (χ4v) is 1.16. The van der Waals surface area contributed by atoms with Gasteiger partial charge in [-0.15, -0.1) is 0 Å². The third-order valence-electron chi connectivity index (χ3n) is 1.88. The van der Waals surface area contributed by atoms with Crippen LogP contribution in [0.2, 0.25) is 0 Å². The van der Waals surface area contributed by atoms with E-state index >= 15 is 0 Å². The molecule has 78 valence electrons. The molecular formula is C8H11N7. The van der Waals surface area contributed by atoms with E-state index in [1.807, 2.05) is 6.92 Å². The predicted octanol–water partition coefficient (Wildman–Crippen LogP) is -0.0947. The zero-order chi connectivity index (χ0) is 10.7. The number of nitrogens with two attached hydrogens (primary N) is 1. The van der Waals surface area contributed by atoms with Crippen LogP contribution >= 0.6 is 0 Å². The van der Waals surface area contributed by atoms with Gasteiger partial charge in [0.1, 0.15) is 24.3 Å². The Morgan fingerprint density at radius 3 is 2.93 bits per heavy atom. The summed E-state index contributed by atoms with van der Waals surface area (Å²) in [5, 5.41) is 3.98. The second-order valence-corrected chi connectivity index (χ2v) is 2.87. The van der Waals surface area contributed by atoms with Crippen molar-refractivity contribution < 1.29 is 0 Å². The average molecular weight is 205 g/mol. The van der Waals surface area contributed by atoms with Crippen molar-refractivity contribution in [3.63, 3.8) is 0 Å². The molecule has 0 saturated carbocycles. The molecular weight excluding hydrogens is 194 g/mol. The lowest BCUT2D eigenvalue weighted by atomic mass is 10.4. The first kappa shape index (κ1) is 9.53. The Kier molecular flexibility index (Phi) is 2.55. The topological polar surface area (TPSA) is 94.5 Å². The van der Waals surface area contributed by atoms with E-state index in [1.54, 1.807) is 17.1 Å². The van der Waals surface area contributed by atoms with Crippen LogP contribution in [0.3, 0.4) is 0 Å². The third-order valence-corrected chi connectivity index (χ3v) is 1.88. The summed E-state index contributed by atoms with van der Waals surface area (Å²) in [5.74, 6) is 7.22. The van der Waals surface area contributed by atoms with Gasteiger partial charge in [0.05, 0.1) is 0 Å². The molecule has 0 saturated heterocycles. The van der Waals surface area contributed by atoms with Crippen LogP contribution in [0.5, 0.6) is 0 Å². The minimum Gasteiger partial charge on any atom is -0.308 e. The number of aryl methyl sites for hydroxylation is 1. The highest BCUT2D eigenvalue weighted by Crippen LogP contribution is 2.08. The van der Waals surface area contributed by atoms with Crippen LogP contribution in [-0.2, 0) is 6.42 Å². The summed E-state index contributed by atoms with van der Waals surface area (Å²) < 4.78 is 1.56. The number of hydrogen-bond acceptors (Lipinski definition) is 6. The second-order valence-electron chi connectivity index (χ2n) is 2.87. The number of hydrogen-bond donors (Lipinski definition) is 2. The van der Waals surface area contributed by atoms with E-state index in [0.29, 0.717) is 17.5 Å². The van der Waals surface area contributed by atoms with E-state index in [1.165, 1.54) is 6.33 Å². The molecule has 0 spiro atoms. The molecule has 0 bridgehead atoms. The van der Waals surface area contributed by atoms with Crippen molar-refractivity contribution in [1.82, 2.24) is 24.7 Å². The average Bonchev–Trinajstić information content (AvgIpc) is 2.81. The summed E-state index contributed by atoms with van der Waals surface area (Å²) in [6, 6.07) is 1.70. The molecule has 2 rings (SSSR count). The molecule has 0 radical (unpaired) electrons. The maximum Gasteiger partial charge on any atom is 0.161 e. The number of anilines is 1. The monoisotopic (exact) mass is 205 g/mol. The van der Waals surface area contributed by atoms with Gasteiger partial charge < -0.3 is 5.43 Å². The van der Waals surface area contributed by atoms with Crippen LogP contribution in [0.1, 0.15) is 12.7 Å². The Hall–Kier alpha value is -2.02. The fraction of sp³-hybridized carbons (Fsp3) is 0.250. The van der Waals surface area contributed by atoms with Crippen LogP contribution in [0.4, 0.5) is 5.82 Å². The molecule has 0 aliphatic heterocycles. The molecule has 0 aliphatic rings. The minimum absolute atomic E-state index is 0.562.